The molecule has 0 aliphatic rings. The monoisotopic (exact) mass is 238 g/mol. The standard InChI is InChI=1S/C6H10O5S.2Na/c7-5(8)1-3-12(11)4-2-6(9)10;;/h1-4H2,(H,7,8)(H,9,10);;/q;2*+1/p-2. The number of aliphatic carboxylic acids is 2. The normalized spacial score (nSPS) is 8.64. The van der Waals surface area contributed by atoms with Crippen LogP contribution in [0.5, 0.6) is 0 Å². The van der Waals surface area contributed by atoms with Crippen LogP contribution in [0.3, 0.4) is 0 Å². The van der Waals surface area contributed by atoms with E-state index in [-0.39, 0.29) is 83.5 Å². The van der Waals surface area contributed by atoms with Gasteiger partial charge in [0.15, 0.2) is 0 Å². The molecule has 0 aromatic heterocycles. The summed E-state index contributed by atoms with van der Waals surface area (Å²) in [4.78, 5) is 19.7. The maximum atomic E-state index is 10.8. The first-order valence-corrected chi connectivity index (χ1v) is 4.76. The number of carbonyl (C=O) groups excluding carboxylic acids is 2. The molecule has 0 rings (SSSR count). The second-order valence-corrected chi connectivity index (χ2v) is 3.79. The number of rotatable bonds is 6. The molecule has 8 heteroatoms. The third-order valence-corrected chi connectivity index (χ3v) is 2.39. The van der Waals surface area contributed by atoms with Gasteiger partial charge >= 0.3 is 59.1 Å². The zero-order valence-electron chi connectivity index (χ0n) is 8.28. The summed E-state index contributed by atoms with van der Waals surface area (Å²) in [5, 5.41) is 19.7. The summed E-state index contributed by atoms with van der Waals surface area (Å²) in [6.45, 7) is 0. The number of carbonyl (C=O) groups is 2. The van der Waals surface area contributed by atoms with Gasteiger partial charge in [0.1, 0.15) is 0 Å². The Balaban J connectivity index is -0.000000605. The third kappa shape index (κ3) is 15.6. The summed E-state index contributed by atoms with van der Waals surface area (Å²) < 4.78 is 10.8. The Morgan fingerprint density at radius 3 is 1.43 bits per heavy atom. The molecule has 0 saturated heterocycles. The van der Waals surface area contributed by atoms with E-state index in [1.165, 1.54) is 0 Å². The summed E-state index contributed by atoms with van der Waals surface area (Å²) in [7, 11) is -1.40. The minimum Gasteiger partial charge on any atom is -0.550 e. The molecule has 0 aliphatic carbocycles. The SMILES string of the molecule is O=C([O-])CCS(=O)CCC(=O)[O-].[Na+].[Na+]. The fourth-order valence-electron chi connectivity index (χ4n) is 0.496. The molecule has 0 aromatic rings. The summed E-state index contributed by atoms with van der Waals surface area (Å²) in [5.74, 6) is -2.68. The van der Waals surface area contributed by atoms with E-state index in [9.17, 15) is 24.0 Å². The van der Waals surface area contributed by atoms with Crippen LogP contribution >= 0.6 is 0 Å². The van der Waals surface area contributed by atoms with Crippen molar-refractivity contribution in [3.05, 3.63) is 0 Å². The maximum absolute atomic E-state index is 10.8. The fraction of sp³-hybridized carbons (Fsp3) is 0.667. The quantitative estimate of drug-likeness (QED) is 0.428. The van der Waals surface area contributed by atoms with Crippen molar-refractivity contribution >= 4 is 22.7 Å². The Bertz CT molecular complexity index is 188. The van der Waals surface area contributed by atoms with Gasteiger partial charge in [0.25, 0.3) is 0 Å². The topological polar surface area (TPSA) is 97.3 Å². The summed E-state index contributed by atoms with van der Waals surface area (Å²) >= 11 is 0. The molecule has 0 aliphatic heterocycles. The summed E-state index contributed by atoms with van der Waals surface area (Å²) in [6, 6.07) is 0. The van der Waals surface area contributed by atoms with Crippen molar-refractivity contribution in [2.45, 2.75) is 12.8 Å². The number of hydrogen-bond donors (Lipinski definition) is 0. The Morgan fingerprint density at radius 2 is 1.21 bits per heavy atom. The Hall–Kier alpha value is 1.09. The predicted molar refractivity (Wildman–Crippen MR) is 37.1 cm³/mol. The van der Waals surface area contributed by atoms with Crippen molar-refractivity contribution in [3.8, 4) is 0 Å². The molecule has 0 bridgehead atoms. The van der Waals surface area contributed by atoms with E-state index in [1.807, 2.05) is 0 Å². The van der Waals surface area contributed by atoms with Gasteiger partial charge in [0, 0.05) is 34.2 Å². The van der Waals surface area contributed by atoms with Crippen LogP contribution in [-0.2, 0) is 20.4 Å². The van der Waals surface area contributed by atoms with Crippen molar-refractivity contribution in [1.82, 2.24) is 0 Å². The molecule has 0 atom stereocenters. The largest absolute Gasteiger partial charge is 1.00 e. The van der Waals surface area contributed by atoms with Crippen LogP contribution in [0.25, 0.3) is 0 Å². The van der Waals surface area contributed by atoms with Gasteiger partial charge in [-0.2, -0.15) is 0 Å². The molecule has 0 radical (unpaired) electrons. The van der Waals surface area contributed by atoms with Crippen LogP contribution in [0, 0.1) is 0 Å². The van der Waals surface area contributed by atoms with Crippen molar-refractivity contribution in [1.29, 1.82) is 0 Å². The average molecular weight is 238 g/mol. The average Bonchev–Trinajstić information content (AvgIpc) is 1.96. The second-order valence-electron chi connectivity index (χ2n) is 2.09. The molecule has 0 spiro atoms. The molecule has 0 aromatic carbocycles. The number of carboxylic acids is 2. The fourth-order valence-corrected chi connectivity index (χ4v) is 1.49. The third-order valence-electron chi connectivity index (χ3n) is 1.07. The van der Waals surface area contributed by atoms with Crippen LogP contribution in [0.2, 0.25) is 0 Å². The van der Waals surface area contributed by atoms with Crippen LogP contribution in [0.4, 0.5) is 0 Å². The van der Waals surface area contributed by atoms with Crippen LogP contribution in [-0.4, -0.2) is 27.7 Å². The van der Waals surface area contributed by atoms with Crippen molar-refractivity contribution in [2.24, 2.45) is 0 Å². The number of carboxylic acid groups (broad SMARTS) is 2. The molecule has 0 heterocycles. The van der Waals surface area contributed by atoms with Gasteiger partial charge < -0.3 is 19.8 Å². The molecule has 0 saturated carbocycles. The Morgan fingerprint density at radius 1 is 0.929 bits per heavy atom. The van der Waals surface area contributed by atoms with Gasteiger partial charge in [-0.25, -0.2) is 0 Å². The Labute approximate surface area is 129 Å². The first-order valence-electron chi connectivity index (χ1n) is 3.27. The van der Waals surface area contributed by atoms with Crippen LogP contribution < -0.4 is 69.3 Å². The van der Waals surface area contributed by atoms with Crippen LogP contribution in [0.1, 0.15) is 12.8 Å². The first kappa shape index (κ1) is 20.5. The zero-order chi connectivity index (χ0) is 9.56. The first-order chi connectivity index (χ1) is 5.52. The molecular weight excluding hydrogens is 230 g/mol. The predicted octanol–water partition coefficient (Wildman–Crippen LogP) is -8.98. The minimum atomic E-state index is -1.40. The van der Waals surface area contributed by atoms with E-state index in [2.05, 4.69) is 0 Å². The Kier molecular flexibility index (Phi) is 17.8. The molecule has 0 fully saturated rings. The molecule has 70 valence electrons. The second kappa shape index (κ2) is 12.2. The van der Waals surface area contributed by atoms with E-state index in [0.717, 1.165) is 0 Å². The van der Waals surface area contributed by atoms with E-state index >= 15 is 0 Å². The van der Waals surface area contributed by atoms with Gasteiger partial charge in [-0.3, -0.25) is 4.21 Å². The molecule has 0 unspecified atom stereocenters. The molecule has 0 N–H and O–H groups in total. The van der Waals surface area contributed by atoms with Gasteiger partial charge in [0.05, 0.1) is 0 Å². The molecular formula is C6H8Na2O5S. The van der Waals surface area contributed by atoms with E-state index < -0.39 is 22.7 Å². The summed E-state index contributed by atoms with van der Waals surface area (Å²) in [5.41, 5.74) is 0. The summed E-state index contributed by atoms with van der Waals surface area (Å²) in [6.07, 6.45) is -0.612. The minimum absolute atomic E-state index is 0. The zero-order valence-corrected chi connectivity index (χ0v) is 13.1. The van der Waals surface area contributed by atoms with Crippen molar-refractivity contribution in [2.75, 3.05) is 11.5 Å². The maximum Gasteiger partial charge on any atom is 1.00 e. The number of hydrogen-bond acceptors (Lipinski definition) is 5. The van der Waals surface area contributed by atoms with Gasteiger partial charge in [0.2, 0.25) is 0 Å². The van der Waals surface area contributed by atoms with E-state index in [0.29, 0.717) is 0 Å². The molecule has 5 nitrogen and oxygen atoms in total. The molecule has 0 amide bonds. The van der Waals surface area contributed by atoms with E-state index in [4.69, 9.17) is 0 Å². The van der Waals surface area contributed by atoms with Gasteiger partial charge in [-0.1, -0.05) is 0 Å². The van der Waals surface area contributed by atoms with Crippen LogP contribution in [0.15, 0.2) is 0 Å². The molecule has 14 heavy (non-hydrogen) atoms. The smallest absolute Gasteiger partial charge is 0.550 e. The van der Waals surface area contributed by atoms with Gasteiger partial charge in [-0.15, -0.1) is 0 Å². The van der Waals surface area contributed by atoms with Crippen molar-refractivity contribution < 1.29 is 83.1 Å². The van der Waals surface area contributed by atoms with E-state index in [1.54, 1.807) is 0 Å². The van der Waals surface area contributed by atoms with Crippen molar-refractivity contribution in [3.63, 3.8) is 0 Å². The van der Waals surface area contributed by atoms with Gasteiger partial charge in [-0.05, 0) is 12.8 Å².